The summed E-state index contributed by atoms with van der Waals surface area (Å²) in [6.45, 7) is 0.359. The molecule has 1 atom stereocenters. The van der Waals surface area contributed by atoms with Gasteiger partial charge in [0.05, 0.1) is 24.8 Å². The van der Waals surface area contributed by atoms with Gasteiger partial charge in [-0.2, -0.15) is 0 Å². The summed E-state index contributed by atoms with van der Waals surface area (Å²) in [4.78, 5) is 125. The standard InChI is InChI=1S/C12H8Cl2O3.C11H9ClO2.C11H9N3O2.C9H8Cl2O.C9H9ClO2.C3H2Cl2O2.Al.Cl2OS.3ClH.N3.Na/c13-4-3-6-1-2-7-8(5-6)11(16)9(10(7)15)12(14)17;12-4-3-7-1-2-8-9(5-7)11(14)6-10(8)13;12-14-13-4-3-7-1-2-8-9(5-7)11(16)6-10(8)15;2*10-6-5-7-1-3-8(4-2-7)9(11)12;4-2(6)1-3(5)7;;1-4(2)3;;;;1-3-2;/h1-2,5,9H,3-4H2;1-2,5H,3-4,6H2;1-2,5H,3-4,6H2;1-4H,5-6H2;1-4H,5-6H2,(H,11,12);1H2;;;3*1H;;/q;;;;;;+3;;;;;-1;+1/p-3. The molecule has 474 valence electrons. The molecule has 0 bridgehead atoms. The first-order valence-electron chi connectivity index (χ1n) is 24.7. The maximum atomic E-state index is 11.8. The normalized spacial score (nSPS) is 12.2. The topological polar surface area (TPSA) is 333 Å². The van der Waals surface area contributed by atoms with Crippen LogP contribution in [0.15, 0.2) is 108 Å². The van der Waals surface area contributed by atoms with E-state index in [4.69, 9.17) is 149 Å². The van der Waals surface area contributed by atoms with E-state index in [1.165, 1.54) is 4.91 Å². The summed E-state index contributed by atoms with van der Waals surface area (Å²) in [5, 5.41) is 9.21. The average molecular weight is 1540 g/mol. The second-order valence-corrected chi connectivity index (χ2v) is 29.0. The Morgan fingerprint density at radius 1 is 0.511 bits per heavy atom. The van der Waals surface area contributed by atoms with Crippen molar-refractivity contribution in [2.75, 3.05) is 30.1 Å². The molecule has 3 aliphatic carbocycles. The molecule has 0 aromatic heterocycles. The number of carboxylic acid groups (broad SMARTS) is 1. The smallest absolute Gasteiger partial charge is 0.478 e. The third-order valence-corrected chi connectivity index (χ3v) is 12.6. The Hall–Kier alpha value is -3.66. The number of hydrogen-bond donors (Lipinski definition) is 1. The van der Waals surface area contributed by atoms with Crippen LogP contribution in [0.2, 0.25) is 0 Å². The van der Waals surface area contributed by atoms with Gasteiger partial charge in [0, 0.05) is 95.3 Å². The molecular weight excluding hydrogens is 1500 g/mol. The van der Waals surface area contributed by atoms with Crippen molar-refractivity contribution in [2.24, 2.45) is 11.0 Å². The van der Waals surface area contributed by atoms with Crippen LogP contribution in [0.25, 0.3) is 26.4 Å². The van der Waals surface area contributed by atoms with Crippen LogP contribution in [0.1, 0.15) is 130 Å². The second-order valence-electron chi connectivity index (χ2n) is 17.0. The van der Waals surface area contributed by atoms with Crippen LogP contribution in [-0.2, 0) is 55.7 Å². The number of hydrogen-bond acceptors (Lipinski definition) is 13. The number of carbonyl (C=O) groups excluding carboxylic acids is 10. The van der Waals surface area contributed by atoms with Crippen molar-refractivity contribution >= 4 is 227 Å². The summed E-state index contributed by atoms with van der Waals surface area (Å²) in [7, 11) is 22.2. The number of rotatable bonds is 16. The van der Waals surface area contributed by atoms with E-state index in [0.717, 1.165) is 47.1 Å². The third kappa shape index (κ3) is 35.6. The number of Topliss-reactive ketones (excluding diaryl/α,β-unsaturated/α-hetero) is 6. The zero-order valence-electron chi connectivity index (χ0n) is 46.5. The molecule has 0 radical (unpaired) electrons. The van der Waals surface area contributed by atoms with E-state index in [1.54, 1.807) is 84.9 Å². The Bertz CT molecular complexity index is 3360. The van der Waals surface area contributed by atoms with Gasteiger partial charge in [-0.05, 0) is 154 Å². The van der Waals surface area contributed by atoms with E-state index in [0.29, 0.717) is 76.3 Å². The van der Waals surface area contributed by atoms with Gasteiger partial charge in [-0.3, -0.25) is 52.9 Å². The number of halogens is 13. The molecule has 0 saturated carbocycles. The first kappa shape index (κ1) is 88.4. The molecule has 5 aromatic carbocycles. The number of fused-ring (bicyclic) bond motifs is 3. The van der Waals surface area contributed by atoms with Crippen LogP contribution in [0.3, 0.4) is 0 Å². The van der Waals surface area contributed by atoms with E-state index < -0.39 is 65.0 Å². The molecule has 0 saturated heterocycles. The molecule has 8 rings (SSSR count). The van der Waals surface area contributed by atoms with Crippen molar-refractivity contribution < 1.29 is 91.6 Å². The predicted molar refractivity (Wildman–Crippen MR) is 354 cm³/mol. The number of benzene rings is 5. The van der Waals surface area contributed by atoms with E-state index in [-0.39, 0.29) is 83.1 Å². The van der Waals surface area contributed by atoms with Gasteiger partial charge in [0.15, 0.2) is 40.6 Å². The summed E-state index contributed by atoms with van der Waals surface area (Å²) in [5.41, 5.74) is 30.1. The van der Waals surface area contributed by atoms with E-state index in [1.807, 2.05) is 18.2 Å². The van der Waals surface area contributed by atoms with Gasteiger partial charge in [-0.1, -0.05) is 65.8 Å². The van der Waals surface area contributed by atoms with Gasteiger partial charge in [-0.25, -0.2) is 39.2 Å². The van der Waals surface area contributed by atoms with Crippen molar-refractivity contribution in [3.05, 3.63) is 202 Å². The van der Waals surface area contributed by atoms with Gasteiger partial charge in [0.1, 0.15) is 0 Å². The predicted octanol–water partition coefficient (Wildman–Crippen LogP) is 13.3. The Balaban J connectivity index is 0. The van der Waals surface area contributed by atoms with Gasteiger partial charge >= 0.3 is 46.9 Å². The van der Waals surface area contributed by atoms with Gasteiger partial charge in [-0.15, -0.1) is 46.4 Å². The molecule has 90 heavy (non-hydrogen) atoms. The average Bonchev–Trinajstić information content (AvgIpc) is 1.66. The van der Waals surface area contributed by atoms with Gasteiger partial charge < -0.3 is 16.2 Å². The second kappa shape index (κ2) is 49.9. The zero-order valence-corrected chi connectivity index (χ0v) is 60.3. The van der Waals surface area contributed by atoms with Crippen LogP contribution in [0, 0.1) is 5.92 Å². The fraction of sp³-hybridized carbons (Fsp3) is 0.255. The van der Waals surface area contributed by atoms with Crippen LogP contribution in [0.5, 0.6) is 0 Å². The molecule has 5 aromatic rings. The van der Waals surface area contributed by atoms with Crippen LogP contribution in [-0.4, -0.2) is 112 Å². The number of nitrogens with zero attached hydrogens (tertiary/aromatic N) is 6. The van der Waals surface area contributed by atoms with Crippen molar-refractivity contribution in [1.82, 2.24) is 0 Å². The number of azide groups is 1. The van der Waals surface area contributed by atoms with Crippen molar-refractivity contribution in [3.63, 3.8) is 0 Å². The Morgan fingerprint density at radius 2 is 0.811 bits per heavy atom. The molecular formula is C55H45AlCl13N6NaO13S. The Labute approximate surface area is 606 Å². The fourth-order valence-electron chi connectivity index (χ4n) is 7.30. The first-order valence-corrected chi connectivity index (χ1v) is 36.3. The first-order chi connectivity index (χ1) is 42.0. The largest absolute Gasteiger partial charge is 1.00 e. The van der Waals surface area contributed by atoms with Crippen LogP contribution in [0.4, 0.5) is 0 Å². The van der Waals surface area contributed by atoms with Crippen molar-refractivity contribution in [2.45, 2.75) is 51.4 Å². The molecule has 0 spiro atoms. The maximum absolute atomic E-state index is 11.8. The number of aromatic carboxylic acids is 1. The number of carboxylic acids is 1. The monoisotopic (exact) mass is 1530 g/mol. The SMILES string of the molecule is O=C(Cl)C1C(=O)c2ccc(CCCl)cc2C1=O.O=C(Cl)CC(=O)Cl.O=C(Cl)c1ccc(CCCl)cc1.O=C(O)c1ccc(CCCl)cc1.O=C1CC(=O)c2cc(CCCl)ccc21.O=S(Cl)Cl.[Cl][Al]([Cl])[Cl].[N-]=[N+]=NCCc1ccc2c(c1)C(=O)CC2=O.[N-]=[N+]=[N-].[Na+]. The molecule has 35 heteroatoms. The summed E-state index contributed by atoms with van der Waals surface area (Å²) < 4.78 is 9.09. The third-order valence-electron chi connectivity index (χ3n) is 11.1. The molecule has 0 amide bonds. The summed E-state index contributed by atoms with van der Waals surface area (Å²) in [6, 6.07) is 29.3. The molecule has 0 fully saturated rings. The van der Waals surface area contributed by atoms with E-state index >= 15 is 0 Å². The van der Waals surface area contributed by atoms with Crippen molar-refractivity contribution in [3.8, 4) is 0 Å². The van der Waals surface area contributed by atoms with Gasteiger partial charge in [0.25, 0.3) is 5.24 Å². The van der Waals surface area contributed by atoms with Crippen molar-refractivity contribution in [1.29, 1.82) is 0 Å². The summed E-state index contributed by atoms with van der Waals surface area (Å²) >= 11 is 40.5. The Kier molecular flexibility index (Phi) is 49.0. The molecule has 1 N–H and O–H groups in total. The van der Waals surface area contributed by atoms with Crippen LogP contribution >= 0.6 is 144 Å². The number of carbonyl (C=O) groups is 11. The maximum Gasteiger partial charge on any atom is 1.00 e. The number of ketones is 6. The molecule has 1 unspecified atom stereocenters. The summed E-state index contributed by atoms with van der Waals surface area (Å²) in [6.07, 6.45) is 3.14. The number of aryl methyl sites for hydroxylation is 4. The van der Waals surface area contributed by atoms with E-state index in [2.05, 4.69) is 31.4 Å². The zero-order chi connectivity index (χ0) is 67.9. The molecule has 0 aliphatic heterocycles. The molecule has 3 aliphatic rings. The minimum atomic E-state index is -1.72. The fourth-order valence-corrected chi connectivity index (χ4v) is 8.81. The van der Waals surface area contributed by atoms with E-state index in [9.17, 15) is 52.7 Å². The summed E-state index contributed by atoms with van der Waals surface area (Å²) in [5.74, 6) is -1.54. The minimum absolute atomic E-state index is 0. The molecule has 0 heterocycles. The minimum Gasteiger partial charge on any atom is -0.478 e. The number of alkyl halides is 4. The quantitative estimate of drug-likeness (QED) is 0.0183. The van der Waals surface area contributed by atoms with Gasteiger partial charge in [0.2, 0.25) is 25.0 Å². The Morgan fingerprint density at radius 3 is 1.12 bits per heavy atom. The van der Waals surface area contributed by atoms with Crippen LogP contribution < -0.4 is 29.6 Å². The molecule has 19 nitrogen and oxygen atoms in total.